The van der Waals surface area contributed by atoms with Gasteiger partial charge in [0.25, 0.3) is 0 Å². The second kappa shape index (κ2) is 10.5. The topological polar surface area (TPSA) is 84.2 Å². The molecule has 3 heterocycles. The molecule has 9 heteroatoms. The number of aliphatic hydroxyl groups excluding tert-OH is 1. The van der Waals surface area contributed by atoms with Gasteiger partial charge in [-0.1, -0.05) is 18.2 Å². The highest BCUT2D eigenvalue weighted by Crippen LogP contribution is 2.36. The first kappa shape index (κ1) is 24.0. The van der Waals surface area contributed by atoms with Gasteiger partial charge >= 0.3 is 0 Å². The largest absolute Gasteiger partial charge is 0.496 e. The molecule has 1 aliphatic heterocycles. The Bertz CT molecular complexity index is 1340. The van der Waals surface area contributed by atoms with Crippen LogP contribution in [0.5, 0.6) is 11.5 Å². The van der Waals surface area contributed by atoms with Gasteiger partial charge in [0, 0.05) is 24.6 Å². The van der Waals surface area contributed by atoms with Crippen molar-refractivity contribution in [1.29, 1.82) is 0 Å². The van der Waals surface area contributed by atoms with Crippen LogP contribution >= 0.6 is 0 Å². The lowest BCUT2D eigenvalue weighted by Crippen LogP contribution is -2.42. The normalized spacial score (nSPS) is 18.3. The van der Waals surface area contributed by atoms with Crippen molar-refractivity contribution in [2.75, 3.05) is 45.8 Å². The number of anilines is 2. The maximum Gasteiger partial charge on any atom is 0.245 e. The average molecular weight is 492 g/mol. The summed E-state index contributed by atoms with van der Waals surface area (Å²) in [6.45, 7) is 1.63. The number of para-hydroxylation sites is 1. The number of likely N-dealkylation sites (tertiary alicyclic amines) is 1. The number of nitrogens with zero attached hydrogens (tertiary/aromatic N) is 4. The minimum atomic E-state index is -0.998. The van der Waals surface area contributed by atoms with Crippen LogP contribution in [0, 0.1) is 0 Å². The second-order valence-corrected chi connectivity index (χ2v) is 8.86. The number of aromatic nitrogens is 3. The Balaban J connectivity index is 1.40. The van der Waals surface area contributed by atoms with E-state index in [1.165, 1.54) is 0 Å². The molecule has 2 aromatic heterocycles. The number of ether oxygens (including phenoxy) is 2. The second-order valence-electron chi connectivity index (χ2n) is 8.86. The number of rotatable bonds is 8. The van der Waals surface area contributed by atoms with Gasteiger partial charge in [-0.3, -0.25) is 4.90 Å². The summed E-state index contributed by atoms with van der Waals surface area (Å²) in [6, 6.07) is 17.4. The Kier molecular flexibility index (Phi) is 7.02. The predicted molar refractivity (Wildman–Crippen MR) is 137 cm³/mol. The van der Waals surface area contributed by atoms with Gasteiger partial charge in [-0.05, 0) is 54.9 Å². The minimum Gasteiger partial charge on any atom is -0.496 e. The number of piperidine rings is 1. The van der Waals surface area contributed by atoms with Gasteiger partial charge in [-0.15, -0.1) is 5.10 Å². The van der Waals surface area contributed by atoms with E-state index in [0.717, 1.165) is 34.6 Å². The maximum atomic E-state index is 14.9. The Morgan fingerprint density at radius 3 is 2.69 bits per heavy atom. The number of fused-ring (bicyclic) bond motifs is 1. The smallest absolute Gasteiger partial charge is 0.245 e. The average Bonchev–Trinajstić information content (AvgIpc) is 3.32. The number of methoxy groups -OCH3 is 2. The Morgan fingerprint density at radius 1 is 1.08 bits per heavy atom. The van der Waals surface area contributed by atoms with Crippen LogP contribution < -0.4 is 14.8 Å². The zero-order chi connectivity index (χ0) is 25.1. The van der Waals surface area contributed by atoms with Crippen LogP contribution in [0.3, 0.4) is 0 Å². The molecule has 0 spiro atoms. The molecule has 0 bridgehead atoms. The monoisotopic (exact) mass is 491 g/mol. The fourth-order valence-corrected chi connectivity index (χ4v) is 4.87. The third-order valence-corrected chi connectivity index (χ3v) is 6.72. The van der Waals surface area contributed by atoms with Gasteiger partial charge in [0.1, 0.15) is 17.7 Å². The van der Waals surface area contributed by atoms with E-state index in [2.05, 4.69) is 10.3 Å². The predicted octanol–water partition coefficient (Wildman–Crippen LogP) is 4.28. The maximum absolute atomic E-state index is 14.9. The highest BCUT2D eigenvalue weighted by Gasteiger charge is 2.30. The molecule has 1 aliphatic rings. The van der Waals surface area contributed by atoms with E-state index in [1.54, 1.807) is 20.4 Å². The van der Waals surface area contributed by atoms with Crippen molar-refractivity contribution in [3.05, 3.63) is 66.4 Å². The lowest BCUT2D eigenvalue weighted by Gasteiger charge is -2.34. The lowest BCUT2D eigenvalue weighted by molar-refractivity contribution is 0.0995. The molecule has 0 saturated carbocycles. The molecule has 1 saturated heterocycles. The number of hydrogen-bond donors (Lipinski definition) is 2. The van der Waals surface area contributed by atoms with E-state index in [-0.39, 0.29) is 12.5 Å². The van der Waals surface area contributed by atoms with Crippen LogP contribution in [0.25, 0.3) is 16.8 Å². The molecule has 0 aliphatic carbocycles. The van der Waals surface area contributed by atoms with Crippen molar-refractivity contribution in [3.8, 4) is 22.8 Å². The first-order chi connectivity index (χ1) is 17.6. The van der Waals surface area contributed by atoms with Crippen LogP contribution in [0.2, 0.25) is 0 Å². The number of aliphatic hydroxyl groups is 1. The summed E-state index contributed by atoms with van der Waals surface area (Å²) in [5.74, 6) is 1.55. The Morgan fingerprint density at radius 2 is 1.92 bits per heavy atom. The van der Waals surface area contributed by atoms with Gasteiger partial charge in [0.05, 0.1) is 43.9 Å². The fourth-order valence-electron chi connectivity index (χ4n) is 4.87. The zero-order valence-electron chi connectivity index (χ0n) is 20.4. The van der Waals surface area contributed by atoms with Gasteiger partial charge in [-0.25, -0.2) is 13.9 Å². The highest BCUT2D eigenvalue weighted by molar-refractivity contribution is 5.72. The SMILES string of the molecule is COc1cc([C@H]2CCN(CCO)C[C@@H]2F)ccc1Nc1ncc2ccc(-c3ccccc3OC)n2n1. The number of nitrogens with one attached hydrogen (secondary N) is 1. The van der Waals surface area contributed by atoms with Gasteiger partial charge in [0.2, 0.25) is 5.95 Å². The number of β-amino-alcohol motifs (C(OH)–C–C–N with tert-alkyl or cyclic N) is 1. The molecular formula is C27H30FN5O3. The molecule has 8 nitrogen and oxygen atoms in total. The van der Waals surface area contributed by atoms with Crippen LogP contribution in [0.4, 0.5) is 16.0 Å². The third-order valence-electron chi connectivity index (χ3n) is 6.72. The van der Waals surface area contributed by atoms with Crippen LogP contribution in [-0.2, 0) is 0 Å². The molecule has 2 N–H and O–H groups in total. The summed E-state index contributed by atoms with van der Waals surface area (Å²) in [6.07, 6.45) is 1.45. The van der Waals surface area contributed by atoms with Gasteiger partial charge in [-0.2, -0.15) is 0 Å². The summed E-state index contributed by atoms with van der Waals surface area (Å²) in [4.78, 5) is 6.42. The molecule has 4 aromatic rings. The molecule has 0 unspecified atom stereocenters. The van der Waals surface area contributed by atoms with Crippen molar-refractivity contribution >= 4 is 17.2 Å². The molecule has 2 aromatic carbocycles. The van der Waals surface area contributed by atoms with E-state index in [0.29, 0.717) is 36.9 Å². The number of alkyl halides is 1. The van der Waals surface area contributed by atoms with Crippen LogP contribution in [0.15, 0.2) is 60.8 Å². The van der Waals surface area contributed by atoms with Crippen LogP contribution in [-0.4, -0.2) is 71.2 Å². The Hall–Kier alpha value is -3.69. The van der Waals surface area contributed by atoms with Crippen molar-refractivity contribution in [2.24, 2.45) is 0 Å². The molecule has 5 rings (SSSR count). The van der Waals surface area contributed by atoms with E-state index in [1.807, 2.05) is 64.0 Å². The van der Waals surface area contributed by atoms with Crippen molar-refractivity contribution < 1.29 is 19.0 Å². The summed E-state index contributed by atoms with van der Waals surface area (Å²) in [5, 5.41) is 17.1. The number of benzene rings is 2. The summed E-state index contributed by atoms with van der Waals surface area (Å²) in [5.41, 5.74) is 4.26. The van der Waals surface area contributed by atoms with Crippen molar-refractivity contribution in [2.45, 2.75) is 18.5 Å². The fraction of sp³-hybridized carbons (Fsp3) is 0.333. The summed E-state index contributed by atoms with van der Waals surface area (Å²) in [7, 11) is 3.24. The lowest BCUT2D eigenvalue weighted by atomic mass is 9.87. The van der Waals surface area contributed by atoms with Crippen molar-refractivity contribution in [3.63, 3.8) is 0 Å². The van der Waals surface area contributed by atoms with E-state index < -0.39 is 6.17 Å². The van der Waals surface area contributed by atoms with Crippen LogP contribution in [0.1, 0.15) is 17.9 Å². The molecular weight excluding hydrogens is 461 g/mol. The first-order valence-corrected chi connectivity index (χ1v) is 12.0. The van der Waals surface area contributed by atoms with E-state index in [4.69, 9.17) is 19.7 Å². The zero-order valence-corrected chi connectivity index (χ0v) is 20.4. The van der Waals surface area contributed by atoms with E-state index in [9.17, 15) is 4.39 Å². The highest BCUT2D eigenvalue weighted by atomic mass is 19.1. The van der Waals surface area contributed by atoms with Crippen molar-refractivity contribution in [1.82, 2.24) is 19.5 Å². The third kappa shape index (κ3) is 4.72. The Labute approximate surface area is 209 Å². The first-order valence-electron chi connectivity index (χ1n) is 12.0. The molecule has 0 amide bonds. The minimum absolute atomic E-state index is 0.0445. The van der Waals surface area contributed by atoms with Gasteiger partial charge < -0.3 is 19.9 Å². The number of hydrogen-bond acceptors (Lipinski definition) is 7. The standard InChI is InChI=1S/C27H30FN5O3/c1-35-25-6-4-3-5-21(25)24-10-8-19-16-29-27(31-33(19)24)30-23-9-7-18(15-26(23)36-2)20-11-12-32(13-14-34)17-22(20)28/h3-10,15-16,20,22,34H,11-14,17H2,1-2H3,(H,30,31)/t20-,22+/m1/s1. The van der Waals surface area contributed by atoms with Gasteiger partial charge in [0.15, 0.2) is 0 Å². The summed E-state index contributed by atoms with van der Waals surface area (Å²) >= 11 is 0. The number of halogens is 1. The van der Waals surface area contributed by atoms with E-state index >= 15 is 0 Å². The molecule has 36 heavy (non-hydrogen) atoms. The summed E-state index contributed by atoms with van der Waals surface area (Å²) < 4.78 is 27.9. The molecule has 1 fully saturated rings. The molecule has 2 atom stereocenters. The molecule has 188 valence electrons. The quantitative estimate of drug-likeness (QED) is 0.381. The molecule has 0 radical (unpaired) electrons.